The Morgan fingerprint density at radius 3 is 2.59 bits per heavy atom. The van der Waals surface area contributed by atoms with Crippen LogP contribution in [0.3, 0.4) is 0 Å². The van der Waals surface area contributed by atoms with Gasteiger partial charge in [-0.2, -0.15) is 0 Å². The number of halogens is 3. The predicted molar refractivity (Wildman–Crippen MR) is 106 cm³/mol. The van der Waals surface area contributed by atoms with Crippen molar-refractivity contribution >= 4 is 21.4 Å². The Morgan fingerprint density at radius 2 is 1.97 bits per heavy atom. The summed E-state index contributed by atoms with van der Waals surface area (Å²) in [5.41, 5.74) is 6.63. The van der Waals surface area contributed by atoms with Crippen LogP contribution < -0.4 is 15.4 Å². The Labute approximate surface area is 166 Å². The largest absolute Gasteiger partial charge is 0.497 e. The number of anilines is 1. The zero-order valence-corrected chi connectivity index (χ0v) is 16.5. The van der Waals surface area contributed by atoms with Crippen molar-refractivity contribution in [1.29, 1.82) is 4.78 Å². The van der Waals surface area contributed by atoms with Gasteiger partial charge in [-0.05, 0) is 23.8 Å². The average Bonchev–Trinajstić information content (AvgIpc) is 2.62. The highest BCUT2D eigenvalue weighted by Gasteiger charge is 2.33. The standard InChI is InChI=1S/C19H19F3N4O2S/c1-28-14-6-11(10-29(2,24)27)5-13(8-14)26-18(17(22)9-25-19(26)23)15-4-3-12(20)7-16(15)21/h3-9,18,24H,10H2,1-2H3,(H2,23,25). The van der Waals surface area contributed by atoms with Crippen molar-refractivity contribution in [3.05, 3.63) is 71.2 Å². The van der Waals surface area contributed by atoms with Gasteiger partial charge in [0.2, 0.25) is 5.96 Å². The van der Waals surface area contributed by atoms with Crippen molar-refractivity contribution in [2.45, 2.75) is 11.8 Å². The third-order valence-corrected chi connectivity index (χ3v) is 5.13. The SMILES string of the molecule is COc1cc(CS(C)(=N)=O)cc(N2C(N)=NC=C(F)C2c2ccc(F)cc2F)c1. The molecular formula is C19H19F3N4O2S. The molecular weight excluding hydrogens is 405 g/mol. The number of aliphatic imine (C=N–C) groups is 1. The zero-order valence-electron chi connectivity index (χ0n) is 15.7. The normalized spacial score (nSPS) is 18.7. The van der Waals surface area contributed by atoms with Crippen molar-refractivity contribution < 1.29 is 22.1 Å². The number of nitrogens with one attached hydrogen (secondary N) is 1. The third kappa shape index (κ3) is 4.53. The first-order chi connectivity index (χ1) is 13.6. The van der Waals surface area contributed by atoms with Crippen LogP contribution >= 0.6 is 0 Å². The summed E-state index contributed by atoms with van der Waals surface area (Å²) >= 11 is 0. The first-order valence-electron chi connectivity index (χ1n) is 8.41. The Morgan fingerprint density at radius 1 is 1.24 bits per heavy atom. The van der Waals surface area contributed by atoms with Gasteiger partial charge >= 0.3 is 0 Å². The van der Waals surface area contributed by atoms with Crippen molar-refractivity contribution in [2.75, 3.05) is 18.3 Å². The molecule has 3 N–H and O–H groups in total. The van der Waals surface area contributed by atoms with E-state index in [1.54, 1.807) is 12.1 Å². The minimum atomic E-state index is -2.87. The van der Waals surface area contributed by atoms with Crippen LogP contribution in [0.4, 0.5) is 18.9 Å². The molecule has 6 nitrogen and oxygen atoms in total. The lowest BCUT2D eigenvalue weighted by Gasteiger charge is -2.34. The lowest BCUT2D eigenvalue weighted by molar-refractivity contribution is 0.414. The van der Waals surface area contributed by atoms with E-state index >= 15 is 0 Å². The Balaban J connectivity index is 2.16. The van der Waals surface area contributed by atoms with E-state index in [0.29, 0.717) is 23.1 Å². The zero-order chi connectivity index (χ0) is 21.3. The number of hydrogen-bond donors (Lipinski definition) is 2. The molecule has 0 amide bonds. The lowest BCUT2D eigenvalue weighted by atomic mass is 10.0. The number of ether oxygens (including phenoxy) is 1. The van der Waals surface area contributed by atoms with Gasteiger partial charge in [0.05, 0.1) is 19.1 Å². The molecule has 2 aromatic carbocycles. The molecule has 0 spiro atoms. The van der Waals surface area contributed by atoms with Gasteiger partial charge in [-0.25, -0.2) is 22.4 Å². The van der Waals surface area contributed by atoms with Crippen molar-refractivity contribution in [3.8, 4) is 5.75 Å². The van der Waals surface area contributed by atoms with Crippen LogP contribution in [0.1, 0.15) is 17.2 Å². The quantitative estimate of drug-likeness (QED) is 0.763. The number of hydrogen-bond acceptors (Lipinski definition) is 6. The molecule has 2 unspecified atom stereocenters. The molecule has 1 aliphatic heterocycles. The van der Waals surface area contributed by atoms with Gasteiger partial charge in [-0.15, -0.1) is 0 Å². The van der Waals surface area contributed by atoms with E-state index in [4.69, 9.17) is 15.3 Å². The molecule has 10 heteroatoms. The van der Waals surface area contributed by atoms with Gasteiger partial charge in [0.1, 0.15) is 29.3 Å². The van der Waals surface area contributed by atoms with Crippen LogP contribution in [-0.4, -0.2) is 23.5 Å². The summed E-state index contributed by atoms with van der Waals surface area (Å²) in [5, 5.41) is 0. The summed E-state index contributed by atoms with van der Waals surface area (Å²) in [6.45, 7) is 0. The Kier molecular flexibility index (Phi) is 5.56. The number of methoxy groups -OCH3 is 1. The monoisotopic (exact) mass is 424 g/mol. The molecule has 0 bridgehead atoms. The second kappa shape index (κ2) is 7.78. The second-order valence-corrected chi connectivity index (χ2v) is 8.93. The summed E-state index contributed by atoms with van der Waals surface area (Å²) < 4.78 is 67.4. The molecule has 0 aliphatic carbocycles. The molecule has 29 heavy (non-hydrogen) atoms. The van der Waals surface area contributed by atoms with E-state index in [1.165, 1.54) is 24.3 Å². The maximum absolute atomic E-state index is 14.8. The molecule has 2 atom stereocenters. The van der Waals surface area contributed by atoms with Crippen LogP contribution in [0, 0.1) is 16.4 Å². The molecule has 3 rings (SSSR count). The fourth-order valence-electron chi connectivity index (χ4n) is 3.11. The molecule has 2 aromatic rings. The van der Waals surface area contributed by atoms with E-state index < -0.39 is 33.2 Å². The van der Waals surface area contributed by atoms with Crippen LogP contribution in [0.15, 0.2) is 53.4 Å². The number of benzene rings is 2. The fraction of sp³-hybridized carbons (Fsp3) is 0.211. The molecule has 1 aliphatic rings. The molecule has 154 valence electrons. The minimum absolute atomic E-state index is 0.0734. The van der Waals surface area contributed by atoms with Gasteiger partial charge in [-0.1, -0.05) is 6.07 Å². The van der Waals surface area contributed by atoms with E-state index in [0.717, 1.165) is 18.3 Å². The Bertz CT molecular complexity index is 1120. The first kappa shape index (κ1) is 20.7. The maximum Gasteiger partial charge on any atom is 0.201 e. The summed E-state index contributed by atoms with van der Waals surface area (Å²) in [7, 11) is -1.46. The molecule has 1 heterocycles. The molecule has 0 saturated carbocycles. The van der Waals surface area contributed by atoms with Crippen molar-refractivity contribution in [1.82, 2.24) is 0 Å². The smallest absolute Gasteiger partial charge is 0.201 e. The number of nitrogens with zero attached hydrogens (tertiary/aromatic N) is 2. The second-order valence-electron chi connectivity index (χ2n) is 6.63. The van der Waals surface area contributed by atoms with E-state index in [2.05, 4.69) is 4.99 Å². The number of rotatable bonds is 5. The molecule has 0 saturated heterocycles. The summed E-state index contributed by atoms with van der Waals surface area (Å²) in [4.78, 5) is 5.04. The third-order valence-electron chi connectivity index (χ3n) is 4.25. The van der Waals surface area contributed by atoms with Gasteiger partial charge in [0.15, 0.2) is 0 Å². The van der Waals surface area contributed by atoms with Crippen molar-refractivity contribution in [2.24, 2.45) is 10.7 Å². The van der Waals surface area contributed by atoms with E-state index in [1.807, 2.05) is 0 Å². The van der Waals surface area contributed by atoms with Crippen molar-refractivity contribution in [3.63, 3.8) is 0 Å². The predicted octanol–water partition coefficient (Wildman–Crippen LogP) is 3.84. The van der Waals surface area contributed by atoms with Crippen LogP contribution in [-0.2, 0) is 15.5 Å². The maximum atomic E-state index is 14.8. The molecule has 0 radical (unpaired) electrons. The highest BCUT2D eigenvalue weighted by atomic mass is 32.2. The number of guanidine groups is 1. The first-order valence-corrected chi connectivity index (χ1v) is 10.5. The van der Waals surface area contributed by atoms with E-state index in [9.17, 15) is 17.4 Å². The van der Waals surface area contributed by atoms with Crippen LogP contribution in [0.25, 0.3) is 0 Å². The lowest BCUT2D eigenvalue weighted by Crippen LogP contribution is -2.42. The Hall–Kier alpha value is -3.01. The van der Waals surface area contributed by atoms with E-state index in [-0.39, 0.29) is 17.3 Å². The highest BCUT2D eigenvalue weighted by Crippen LogP contribution is 2.38. The van der Waals surface area contributed by atoms with Crippen LogP contribution in [0.2, 0.25) is 0 Å². The van der Waals surface area contributed by atoms with Gasteiger partial charge < -0.3 is 10.5 Å². The molecule has 0 aromatic heterocycles. The van der Waals surface area contributed by atoms with Crippen LogP contribution in [0.5, 0.6) is 5.75 Å². The summed E-state index contributed by atoms with van der Waals surface area (Å²) in [6.07, 6.45) is 2.17. The fourth-order valence-corrected chi connectivity index (χ4v) is 3.91. The minimum Gasteiger partial charge on any atom is -0.497 e. The van der Waals surface area contributed by atoms with Gasteiger partial charge in [0.25, 0.3) is 0 Å². The number of nitrogens with two attached hydrogens (primary N) is 1. The highest BCUT2D eigenvalue weighted by molar-refractivity contribution is 7.90. The summed E-state index contributed by atoms with van der Waals surface area (Å²) in [5.74, 6) is -2.38. The van der Waals surface area contributed by atoms with Gasteiger partial charge in [0, 0.05) is 39.4 Å². The van der Waals surface area contributed by atoms with Gasteiger partial charge in [-0.3, -0.25) is 9.68 Å². The summed E-state index contributed by atoms with van der Waals surface area (Å²) in [6, 6.07) is 6.17. The topological polar surface area (TPSA) is 91.8 Å². The molecule has 0 fully saturated rings. The average molecular weight is 424 g/mol.